The molecule has 1 saturated heterocycles. The second-order valence-electron chi connectivity index (χ2n) is 8.19. The molecule has 7 heteroatoms. The molecule has 0 aliphatic carbocycles. The highest BCUT2D eigenvalue weighted by Crippen LogP contribution is 2.22. The molecule has 7 nitrogen and oxygen atoms in total. The van der Waals surface area contributed by atoms with E-state index in [-0.39, 0.29) is 6.61 Å². The molecule has 0 saturated carbocycles. The Morgan fingerprint density at radius 3 is 2.31 bits per heavy atom. The van der Waals surface area contributed by atoms with E-state index in [2.05, 4.69) is 14.8 Å². The molecule has 3 aromatic rings. The van der Waals surface area contributed by atoms with E-state index in [1.807, 2.05) is 60.7 Å². The monoisotopic (exact) mass is 437 g/mol. The fraction of sp³-hybridized carbons (Fsp3) is 0.400. The number of benzene rings is 2. The Bertz CT molecular complexity index is 993. The number of para-hydroxylation sites is 1. The molecule has 4 rings (SSSR count). The number of ether oxygens (including phenoxy) is 2. The SMILES string of the molecule is COc1ccc2nc(C(O)CN3CCN(CC(O)COc4ccccc4)CC3)ccc2c1. The van der Waals surface area contributed by atoms with Crippen LogP contribution in [0.3, 0.4) is 0 Å². The fourth-order valence-corrected chi connectivity index (χ4v) is 3.98. The van der Waals surface area contributed by atoms with Crippen molar-refractivity contribution in [3.8, 4) is 11.5 Å². The van der Waals surface area contributed by atoms with Crippen molar-refractivity contribution in [1.82, 2.24) is 14.8 Å². The normalized spacial score (nSPS) is 17.2. The summed E-state index contributed by atoms with van der Waals surface area (Å²) in [6.07, 6.45) is -1.18. The van der Waals surface area contributed by atoms with E-state index in [1.54, 1.807) is 7.11 Å². The largest absolute Gasteiger partial charge is 0.497 e. The molecule has 0 radical (unpaired) electrons. The average Bonchev–Trinajstić information content (AvgIpc) is 2.84. The number of aromatic nitrogens is 1. The topological polar surface area (TPSA) is 78.3 Å². The first-order valence-corrected chi connectivity index (χ1v) is 11.0. The van der Waals surface area contributed by atoms with Gasteiger partial charge in [-0.1, -0.05) is 24.3 Å². The number of pyridine rings is 1. The van der Waals surface area contributed by atoms with Crippen LogP contribution in [0.2, 0.25) is 0 Å². The number of nitrogens with zero attached hydrogens (tertiary/aromatic N) is 3. The van der Waals surface area contributed by atoms with Gasteiger partial charge in [0, 0.05) is 44.7 Å². The van der Waals surface area contributed by atoms with Crippen molar-refractivity contribution in [3.05, 3.63) is 66.4 Å². The van der Waals surface area contributed by atoms with Gasteiger partial charge in [-0.3, -0.25) is 14.8 Å². The van der Waals surface area contributed by atoms with Gasteiger partial charge in [0.2, 0.25) is 0 Å². The van der Waals surface area contributed by atoms with Crippen LogP contribution in [0.25, 0.3) is 10.9 Å². The van der Waals surface area contributed by atoms with Crippen LogP contribution >= 0.6 is 0 Å². The van der Waals surface area contributed by atoms with Crippen molar-refractivity contribution >= 4 is 10.9 Å². The fourth-order valence-electron chi connectivity index (χ4n) is 3.98. The first kappa shape index (κ1) is 22.5. The second kappa shape index (κ2) is 10.7. The van der Waals surface area contributed by atoms with Gasteiger partial charge in [-0.2, -0.15) is 0 Å². The van der Waals surface area contributed by atoms with Crippen LogP contribution in [0.1, 0.15) is 11.8 Å². The first-order valence-electron chi connectivity index (χ1n) is 11.0. The van der Waals surface area contributed by atoms with E-state index in [1.165, 1.54) is 0 Å². The van der Waals surface area contributed by atoms with Crippen LogP contribution in [0, 0.1) is 0 Å². The summed E-state index contributed by atoms with van der Waals surface area (Å²) in [5, 5.41) is 22.0. The summed E-state index contributed by atoms with van der Waals surface area (Å²) in [6.45, 7) is 4.78. The average molecular weight is 438 g/mol. The van der Waals surface area contributed by atoms with Crippen molar-refractivity contribution < 1.29 is 19.7 Å². The van der Waals surface area contributed by atoms with Crippen molar-refractivity contribution in [2.24, 2.45) is 0 Å². The van der Waals surface area contributed by atoms with E-state index >= 15 is 0 Å². The third-order valence-corrected chi connectivity index (χ3v) is 5.81. The number of hydrogen-bond acceptors (Lipinski definition) is 7. The number of rotatable bonds is 9. The molecule has 1 aliphatic heterocycles. The molecule has 32 heavy (non-hydrogen) atoms. The molecule has 170 valence electrons. The van der Waals surface area contributed by atoms with Crippen LogP contribution in [-0.4, -0.2) is 84.1 Å². The lowest BCUT2D eigenvalue weighted by atomic mass is 10.1. The summed E-state index contributed by atoms with van der Waals surface area (Å²) >= 11 is 0. The molecule has 1 aromatic heterocycles. The Labute approximate surface area is 188 Å². The van der Waals surface area contributed by atoms with Gasteiger partial charge in [0.15, 0.2) is 0 Å². The highest BCUT2D eigenvalue weighted by Gasteiger charge is 2.22. The Hall–Kier alpha value is -2.71. The molecule has 1 aliphatic rings. The molecule has 2 aromatic carbocycles. The minimum absolute atomic E-state index is 0.280. The van der Waals surface area contributed by atoms with Gasteiger partial charge in [-0.05, 0) is 36.4 Å². The van der Waals surface area contributed by atoms with Crippen molar-refractivity contribution in [2.75, 3.05) is 53.0 Å². The Kier molecular flexibility index (Phi) is 7.55. The number of fused-ring (bicyclic) bond motifs is 1. The lowest BCUT2D eigenvalue weighted by Crippen LogP contribution is -2.50. The third-order valence-electron chi connectivity index (χ3n) is 5.81. The lowest BCUT2D eigenvalue weighted by molar-refractivity contribution is 0.0326. The minimum atomic E-state index is -0.641. The maximum Gasteiger partial charge on any atom is 0.119 e. The van der Waals surface area contributed by atoms with E-state index in [0.29, 0.717) is 18.8 Å². The van der Waals surface area contributed by atoms with Gasteiger partial charge >= 0.3 is 0 Å². The van der Waals surface area contributed by atoms with Gasteiger partial charge in [0.05, 0.1) is 18.3 Å². The molecule has 2 unspecified atom stereocenters. The second-order valence-corrected chi connectivity index (χ2v) is 8.19. The zero-order valence-electron chi connectivity index (χ0n) is 18.4. The highest BCUT2D eigenvalue weighted by molar-refractivity contribution is 5.80. The Morgan fingerprint density at radius 1 is 0.875 bits per heavy atom. The van der Waals surface area contributed by atoms with Crippen LogP contribution in [0.15, 0.2) is 60.7 Å². The molecule has 2 atom stereocenters. The van der Waals surface area contributed by atoms with Crippen LogP contribution in [0.4, 0.5) is 0 Å². The summed E-state index contributed by atoms with van der Waals surface area (Å²) in [7, 11) is 1.64. The zero-order valence-corrected chi connectivity index (χ0v) is 18.4. The minimum Gasteiger partial charge on any atom is -0.497 e. The van der Waals surface area contributed by atoms with Crippen molar-refractivity contribution in [1.29, 1.82) is 0 Å². The summed E-state index contributed by atoms with van der Waals surface area (Å²) in [5.41, 5.74) is 1.53. The van der Waals surface area contributed by atoms with Gasteiger partial charge in [0.1, 0.15) is 30.3 Å². The summed E-state index contributed by atoms with van der Waals surface area (Å²) in [4.78, 5) is 9.11. The molecule has 0 bridgehead atoms. The van der Waals surface area contributed by atoms with Gasteiger partial charge < -0.3 is 19.7 Å². The maximum atomic E-state index is 10.7. The molecule has 0 spiro atoms. The van der Waals surface area contributed by atoms with Gasteiger partial charge in [-0.25, -0.2) is 0 Å². The predicted octanol–water partition coefficient (Wildman–Crippen LogP) is 2.33. The standard InChI is InChI=1S/C25H31N3O4/c1-31-22-8-10-23-19(15-22)7-9-24(26-23)25(30)17-28-13-11-27(12-14-28)16-20(29)18-32-21-5-3-2-4-6-21/h2-10,15,20,25,29-30H,11-14,16-18H2,1H3. The molecule has 1 fully saturated rings. The van der Waals surface area contributed by atoms with Crippen molar-refractivity contribution in [2.45, 2.75) is 12.2 Å². The molecular formula is C25H31N3O4. The molecule has 2 N–H and O–H groups in total. The van der Waals surface area contributed by atoms with E-state index in [9.17, 15) is 10.2 Å². The van der Waals surface area contributed by atoms with Crippen LogP contribution < -0.4 is 9.47 Å². The van der Waals surface area contributed by atoms with E-state index in [0.717, 1.165) is 48.6 Å². The number of piperazine rings is 1. The first-order chi connectivity index (χ1) is 15.6. The predicted molar refractivity (Wildman–Crippen MR) is 124 cm³/mol. The number of aliphatic hydroxyl groups excluding tert-OH is 2. The number of hydrogen-bond donors (Lipinski definition) is 2. The smallest absolute Gasteiger partial charge is 0.119 e. The quantitative estimate of drug-likeness (QED) is 0.532. The summed E-state index contributed by atoms with van der Waals surface area (Å²) < 4.78 is 10.9. The molecule has 0 amide bonds. The van der Waals surface area contributed by atoms with Crippen LogP contribution in [-0.2, 0) is 0 Å². The zero-order chi connectivity index (χ0) is 22.3. The molecular weight excluding hydrogens is 406 g/mol. The summed E-state index contributed by atoms with van der Waals surface area (Å²) in [6, 6.07) is 19.1. The van der Waals surface area contributed by atoms with Gasteiger partial charge in [0.25, 0.3) is 0 Å². The Balaban J connectivity index is 1.22. The van der Waals surface area contributed by atoms with Crippen molar-refractivity contribution in [3.63, 3.8) is 0 Å². The highest BCUT2D eigenvalue weighted by atomic mass is 16.5. The van der Waals surface area contributed by atoms with Gasteiger partial charge in [-0.15, -0.1) is 0 Å². The maximum absolute atomic E-state index is 10.7. The van der Waals surface area contributed by atoms with E-state index in [4.69, 9.17) is 9.47 Å². The summed E-state index contributed by atoms with van der Waals surface area (Å²) in [5.74, 6) is 1.56. The number of aliphatic hydroxyl groups is 2. The molecule has 2 heterocycles. The lowest BCUT2D eigenvalue weighted by Gasteiger charge is -2.36. The Morgan fingerprint density at radius 2 is 1.59 bits per heavy atom. The number of β-amino-alcohol motifs (C(OH)–C–C–N with tert-alkyl or cyclic N) is 2. The third kappa shape index (κ3) is 5.95. The number of methoxy groups -OCH3 is 1. The van der Waals surface area contributed by atoms with E-state index < -0.39 is 12.2 Å². The van der Waals surface area contributed by atoms with Crippen LogP contribution in [0.5, 0.6) is 11.5 Å².